The first-order chi connectivity index (χ1) is 11.4. The molecule has 1 aliphatic heterocycles. The Hall–Kier alpha value is -1.75. The highest BCUT2D eigenvalue weighted by Crippen LogP contribution is 2.33. The molecule has 0 bridgehead atoms. The second-order valence-electron chi connectivity index (χ2n) is 8.22. The molecule has 2 heterocycles. The number of hydrogen-bond acceptors (Lipinski definition) is 5. The van der Waals surface area contributed by atoms with Crippen LogP contribution in [0.5, 0.6) is 0 Å². The normalized spacial score (nSPS) is 21.3. The Labute approximate surface area is 152 Å². The van der Waals surface area contributed by atoms with E-state index in [-0.39, 0.29) is 18.5 Å². The van der Waals surface area contributed by atoms with Gasteiger partial charge >= 0.3 is 6.09 Å². The van der Waals surface area contributed by atoms with Crippen LogP contribution < -0.4 is 0 Å². The zero-order valence-corrected chi connectivity index (χ0v) is 16.4. The number of thioether (sulfide) groups is 1. The SMILES string of the molecule is CC(C)(C)OC(=O)N1CC(n2nc(SC#N)cc2C(C)(C)C)[C@H](F)C1. The first-order valence-electron chi connectivity index (χ1n) is 8.20. The van der Waals surface area contributed by atoms with E-state index in [4.69, 9.17) is 10.00 Å². The number of halogens is 1. The lowest BCUT2D eigenvalue weighted by molar-refractivity contribution is 0.0281. The molecule has 1 aromatic rings. The zero-order chi connectivity index (χ0) is 19.0. The van der Waals surface area contributed by atoms with Crippen molar-refractivity contribution in [2.45, 2.75) is 69.8 Å². The maximum atomic E-state index is 14.7. The zero-order valence-electron chi connectivity index (χ0n) is 15.5. The smallest absolute Gasteiger partial charge is 0.410 e. The van der Waals surface area contributed by atoms with E-state index in [2.05, 4.69) is 5.10 Å². The third-order valence-electron chi connectivity index (χ3n) is 3.82. The molecular weight excluding hydrogens is 343 g/mol. The summed E-state index contributed by atoms with van der Waals surface area (Å²) in [6, 6.07) is 1.23. The second-order valence-corrected chi connectivity index (χ2v) is 9.03. The van der Waals surface area contributed by atoms with Crippen LogP contribution >= 0.6 is 11.8 Å². The summed E-state index contributed by atoms with van der Waals surface area (Å²) in [6.07, 6.45) is -1.76. The van der Waals surface area contributed by atoms with E-state index in [1.807, 2.05) is 32.2 Å². The fraction of sp³-hybridized carbons (Fsp3) is 0.706. The maximum Gasteiger partial charge on any atom is 0.410 e. The van der Waals surface area contributed by atoms with Gasteiger partial charge in [0.05, 0.1) is 6.54 Å². The minimum atomic E-state index is -1.24. The molecule has 0 aliphatic carbocycles. The molecule has 2 rings (SSSR count). The van der Waals surface area contributed by atoms with Crippen LogP contribution in [-0.4, -0.2) is 45.6 Å². The predicted octanol–water partition coefficient (Wildman–Crippen LogP) is 3.88. The van der Waals surface area contributed by atoms with Gasteiger partial charge in [-0.15, -0.1) is 0 Å². The Balaban J connectivity index is 2.27. The van der Waals surface area contributed by atoms with E-state index in [1.54, 1.807) is 25.5 Å². The molecule has 1 saturated heterocycles. The van der Waals surface area contributed by atoms with E-state index in [0.29, 0.717) is 5.03 Å². The van der Waals surface area contributed by atoms with Crippen LogP contribution in [-0.2, 0) is 10.2 Å². The molecule has 2 atom stereocenters. The Morgan fingerprint density at radius 1 is 1.36 bits per heavy atom. The van der Waals surface area contributed by atoms with Crippen LogP contribution in [0.3, 0.4) is 0 Å². The minimum Gasteiger partial charge on any atom is -0.444 e. The van der Waals surface area contributed by atoms with Crippen LogP contribution in [0.1, 0.15) is 53.3 Å². The Morgan fingerprint density at radius 3 is 2.52 bits per heavy atom. The van der Waals surface area contributed by atoms with Gasteiger partial charge in [0.2, 0.25) is 0 Å². The molecule has 0 N–H and O–H groups in total. The van der Waals surface area contributed by atoms with Gasteiger partial charge in [0.15, 0.2) is 0 Å². The highest BCUT2D eigenvalue weighted by atomic mass is 32.2. The number of thiocyanates is 1. The number of nitrogens with zero attached hydrogens (tertiary/aromatic N) is 4. The number of alkyl halides is 1. The van der Waals surface area contributed by atoms with Crippen molar-refractivity contribution >= 4 is 17.9 Å². The molecule has 0 radical (unpaired) electrons. The molecule has 1 aromatic heterocycles. The van der Waals surface area contributed by atoms with Crippen LogP contribution in [0, 0.1) is 10.7 Å². The molecule has 138 valence electrons. The molecule has 1 amide bonds. The lowest BCUT2D eigenvalue weighted by Crippen LogP contribution is -2.36. The maximum absolute atomic E-state index is 14.7. The summed E-state index contributed by atoms with van der Waals surface area (Å²) < 4.78 is 21.7. The summed E-state index contributed by atoms with van der Waals surface area (Å²) >= 11 is 0.947. The van der Waals surface area contributed by atoms with Gasteiger partial charge < -0.3 is 9.64 Å². The first-order valence-corrected chi connectivity index (χ1v) is 9.02. The van der Waals surface area contributed by atoms with Crippen LogP contribution in [0.4, 0.5) is 9.18 Å². The van der Waals surface area contributed by atoms with Gasteiger partial charge in [-0.05, 0) is 26.8 Å². The summed E-state index contributed by atoms with van der Waals surface area (Å²) in [5.74, 6) is 0. The third kappa shape index (κ3) is 4.66. The highest BCUT2D eigenvalue weighted by Gasteiger charge is 2.41. The van der Waals surface area contributed by atoms with Crippen LogP contribution in [0.2, 0.25) is 0 Å². The molecule has 1 fully saturated rings. The fourth-order valence-corrected chi connectivity index (χ4v) is 3.13. The Bertz CT molecular complexity index is 684. The van der Waals surface area contributed by atoms with Crippen molar-refractivity contribution in [3.8, 4) is 5.40 Å². The number of nitriles is 1. The van der Waals surface area contributed by atoms with Crippen LogP contribution in [0.15, 0.2) is 11.1 Å². The lowest BCUT2D eigenvalue weighted by atomic mass is 9.92. The van der Waals surface area contributed by atoms with E-state index in [9.17, 15) is 9.18 Å². The minimum absolute atomic E-state index is 0.0241. The number of aromatic nitrogens is 2. The van der Waals surface area contributed by atoms with Crippen LogP contribution in [0.25, 0.3) is 0 Å². The Kier molecular flexibility index (Phi) is 5.38. The summed E-state index contributed by atoms with van der Waals surface area (Å²) in [5.41, 5.74) is -0.0517. The lowest BCUT2D eigenvalue weighted by Gasteiger charge is -2.25. The molecule has 0 aromatic carbocycles. The number of carbonyl (C=O) groups is 1. The van der Waals surface area contributed by atoms with E-state index < -0.39 is 23.9 Å². The number of hydrogen-bond donors (Lipinski definition) is 0. The largest absolute Gasteiger partial charge is 0.444 e. The number of likely N-dealkylation sites (tertiary alicyclic amines) is 1. The molecule has 1 aliphatic rings. The first kappa shape index (κ1) is 19.6. The van der Waals surface area contributed by atoms with Gasteiger partial charge in [-0.1, -0.05) is 20.8 Å². The third-order valence-corrected chi connectivity index (χ3v) is 4.32. The van der Waals surface area contributed by atoms with Crippen molar-refractivity contribution < 1.29 is 13.9 Å². The fourth-order valence-electron chi connectivity index (χ4n) is 2.73. The van der Waals surface area contributed by atoms with Crippen molar-refractivity contribution in [2.75, 3.05) is 13.1 Å². The average molecular weight is 368 g/mol. The van der Waals surface area contributed by atoms with Gasteiger partial charge in [0.1, 0.15) is 28.2 Å². The Morgan fingerprint density at radius 2 is 2.00 bits per heavy atom. The molecule has 0 saturated carbocycles. The summed E-state index contributed by atoms with van der Waals surface area (Å²) in [4.78, 5) is 13.6. The van der Waals surface area contributed by atoms with E-state index in [1.165, 1.54) is 4.90 Å². The molecule has 1 unspecified atom stereocenters. The van der Waals surface area contributed by atoms with Gasteiger partial charge in [0.25, 0.3) is 0 Å². The van der Waals surface area contributed by atoms with E-state index in [0.717, 1.165) is 17.5 Å². The second kappa shape index (κ2) is 6.87. The standard InChI is InChI=1S/C17H25FN4O2S/c1-16(2,3)13-7-14(25-10-19)20-22(13)12-9-21(8-11(12)18)15(23)24-17(4,5)6/h7,11-12H,8-9H2,1-6H3/t11-,12?/m1/s1. The monoisotopic (exact) mass is 368 g/mol. The topological polar surface area (TPSA) is 71.2 Å². The molecule has 25 heavy (non-hydrogen) atoms. The van der Waals surface area contributed by atoms with Gasteiger partial charge in [0, 0.05) is 29.4 Å². The molecule has 6 nitrogen and oxygen atoms in total. The molecule has 8 heteroatoms. The number of carbonyl (C=O) groups excluding carboxylic acids is 1. The van der Waals surface area contributed by atoms with Crippen molar-refractivity contribution in [2.24, 2.45) is 0 Å². The van der Waals surface area contributed by atoms with Gasteiger partial charge in [-0.25, -0.2) is 9.18 Å². The average Bonchev–Trinajstić information content (AvgIpc) is 3.00. The van der Waals surface area contributed by atoms with Crippen molar-refractivity contribution in [3.05, 3.63) is 11.8 Å². The highest BCUT2D eigenvalue weighted by molar-refractivity contribution is 8.03. The van der Waals surface area contributed by atoms with Gasteiger partial charge in [-0.2, -0.15) is 10.4 Å². The molecule has 0 spiro atoms. The quantitative estimate of drug-likeness (QED) is 0.585. The number of amides is 1. The summed E-state index contributed by atoms with van der Waals surface area (Å²) in [7, 11) is 0. The van der Waals surface area contributed by atoms with E-state index >= 15 is 0 Å². The van der Waals surface area contributed by atoms with Crippen molar-refractivity contribution in [1.29, 1.82) is 5.26 Å². The van der Waals surface area contributed by atoms with Crippen molar-refractivity contribution in [1.82, 2.24) is 14.7 Å². The van der Waals surface area contributed by atoms with Gasteiger partial charge in [-0.3, -0.25) is 4.68 Å². The predicted molar refractivity (Wildman–Crippen MR) is 94.1 cm³/mol. The summed E-state index contributed by atoms with van der Waals surface area (Å²) in [5, 5.41) is 15.8. The van der Waals surface area contributed by atoms with Crippen molar-refractivity contribution in [3.63, 3.8) is 0 Å². The number of rotatable bonds is 2. The molecular formula is C17H25FN4O2S. The summed E-state index contributed by atoms with van der Waals surface area (Å²) in [6.45, 7) is 11.5. The number of ether oxygens (including phenoxy) is 1.